The van der Waals surface area contributed by atoms with Gasteiger partial charge in [0.15, 0.2) is 0 Å². The van der Waals surface area contributed by atoms with Gasteiger partial charge < -0.3 is 15.3 Å². The van der Waals surface area contributed by atoms with Crippen molar-refractivity contribution in [2.45, 2.75) is 19.4 Å². The van der Waals surface area contributed by atoms with Gasteiger partial charge in [0.05, 0.1) is 22.1 Å². The molecule has 1 atom stereocenters. The van der Waals surface area contributed by atoms with Gasteiger partial charge in [-0.15, -0.1) is 0 Å². The number of urea groups is 1. The SMILES string of the molecule is C[C@@H](c1n[nH]c(=O)c2cc(Cl)ccc12)N(CCCO)C(=O)Nc1ccc(F)c(Cl)c1. The first kappa shape index (κ1) is 22.0. The standard InChI is InChI=1S/C20H19Cl2FN4O3/c1-11(18-14-5-3-12(21)9-15(14)19(29)26-25-18)27(7-2-8-28)20(30)24-13-4-6-17(23)16(22)10-13/h3-6,9-11,28H,2,7-8H2,1H3,(H,24,30)(H,26,29)/t11-/m0/s1. The third-order valence-electron chi connectivity index (χ3n) is 4.63. The molecule has 2 aromatic carbocycles. The molecular weight excluding hydrogens is 434 g/mol. The van der Waals surface area contributed by atoms with Crippen molar-refractivity contribution in [1.82, 2.24) is 15.1 Å². The van der Waals surface area contributed by atoms with E-state index in [-0.39, 0.29) is 18.2 Å². The van der Waals surface area contributed by atoms with E-state index in [1.54, 1.807) is 19.1 Å². The predicted octanol–water partition coefficient (Wildman–Crippen LogP) is 4.35. The molecule has 7 nitrogen and oxygen atoms in total. The van der Waals surface area contributed by atoms with E-state index in [9.17, 15) is 19.1 Å². The van der Waals surface area contributed by atoms with Gasteiger partial charge in [0.2, 0.25) is 0 Å². The third kappa shape index (κ3) is 4.72. The molecule has 0 saturated carbocycles. The Morgan fingerprint density at radius 1 is 1.27 bits per heavy atom. The fraction of sp³-hybridized carbons (Fsp3) is 0.250. The van der Waals surface area contributed by atoms with E-state index in [0.717, 1.165) is 6.07 Å². The van der Waals surface area contributed by atoms with Gasteiger partial charge >= 0.3 is 6.03 Å². The van der Waals surface area contributed by atoms with Gasteiger partial charge in [0.25, 0.3) is 5.56 Å². The van der Waals surface area contributed by atoms with Crippen molar-refractivity contribution in [3.8, 4) is 0 Å². The molecule has 30 heavy (non-hydrogen) atoms. The smallest absolute Gasteiger partial charge is 0.322 e. The second kappa shape index (κ2) is 9.42. The number of hydrogen-bond donors (Lipinski definition) is 3. The molecule has 0 saturated heterocycles. The highest BCUT2D eigenvalue weighted by atomic mass is 35.5. The fourth-order valence-corrected chi connectivity index (χ4v) is 3.46. The van der Waals surface area contributed by atoms with Crippen LogP contribution in [0.1, 0.15) is 25.1 Å². The van der Waals surface area contributed by atoms with Gasteiger partial charge in [0.1, 0.15) is 5.82 Å². The normalized spacial score (nSPS) is 12.0. The Labute approximate surface area is 181 Å². The highest BCUT2D eigenvalue weighted by molar-refractivity contribution is 6.31. The second-order valence-corrected chi connectivity index (χ2v) is 7.48. The molecule has 3 aromatic rings. The average Bonchev–Trinajstić information content (AvgIpc) is 2.71. The van der Waals surface area contributed by atoms with E-state index in [1.807, 2.05) is 0 Å². The molecule has 0 aliphatic heterocycles. The van der Waals surface area contributed by atoms with Crippen molar-refractivity contribution in [1.29, 1.82) is 0 Å². The van der Waals surface area contributed by atoms with E-state index in [4.69, 9.17) is 23.2 Å². The van der Waals surface area contributed by atoms with E-state index in [2.05, 4.69) is 15.5 Å². The molecule has 0 aliphatic rings. The van der Waals surface area contributed by atoms with E-state index in [0.29, 0.717) is 33.6 Å². The number of halogens is 3. The summed E-state index contributed by atoms with van der Waals surface area (Å²) in [5.41, 5.74) is 0.390. The Balaban J connectivity index is 1.96. The Morgan fingerprint density at radius 3 is 2.73 bits per heavy atom. The maximum absolute atomic E-state index is 13.4. The number of anilines is 1. The first-order valence-corrected chi connectivity index (χ1v) is 9.88. The number of amides is 2. The minimum atomic E-state index is -0.595. The number of nitrogens with one attached hydrogen (secondary N) is 2. The highest BCUT2D eigenvalue weighted by Crippen LogP contribution is 2.27. The van der Waals surface area contributed by atoms with Crippen LogP contribution in [0.2, 0.25) is 10.0 Å². The molecule has 0 aliphatic carbocycles. The Bertz CT molecular complexity index is 1140. The van der Waals surface area contributed by atoms with Crippen molar-refractivity contribution in [2.24, 2.45) is 0 Å². The van der Waals surface area contributed by atoms with Gasteiger partial charge in [-0.05, 0) is 43.7 Å². The number of carbonyl (C=O) groups is 1. The van der Waals surface area contributed by atoms with Crippen LogP contribution >= 0.6 is 23.2 Å². The van der Waals surface area contributed by atoms with Crippen LogP contribution in [-0.4, -0.2) is 39.4 Å². The van der Waals surface area contributed by atoms with Crippen LogP contribution < -0.4 is 10.9 Å². The summed E-state index contributed by atoms with van der Waals surface area (Å²) in [7, 11) is 0. The highest BCUT2D eigenvalue weighted by Gasteiger charge is 2.25. The molecule has 0 radical (unpaired) electrons. The Hall–Kier alpha value is -2.68. The van der Waals surface area contributed by atoms with Crippen molar-refractivity contribution in [3.63, 3.8) is 0 Å². The molecule has 1 heterocycles. The van der Waals surface area contributed by atoms with E-state index in [1.165, 1.54) is 23.1 Å². The predicted molar refractivity (Wildman–Crippen MR) is 115 cm³/mol. The minimum Gasteiger partial charge on any atom is -0.396 e. The van der Waals surface area contributed by atoms with E-state index >= 15 is 0 Å². The number of benzene rings is 2. The van der Waals surface area contributed by atoms with Crippen LogP contribution in [-0.2, 0) is 0 Å². The van der Waals surface area contributed by atoms with Crippen molar-refractivity contribution in [2.75, 3.05) is 18.5 Å². The number of H-pyrrole nitrogens is 1. The van der Waals surface area contributed by atoms with Crippen LogP contribution in [0.15, 0.2) is 41.2 Å². The number of hydrogen-bond acceptors (Lipinski definition) is 4. The zero-order valence-corrected chi connectivity index (χ0v) is 17.5. The lowest BCUT2D eigenvalue weighted by atomic mass is 10.1. The van der Waals surface area contributed by atoms with Crippen LogP contribution in [0.4, 0.5) is 14.9 Å². The van der Waals surface area contributed by atoms with Gasteiger partial charge in [-0.1, -0.05) is 29.3 Å². The quantitative estimate of drug-likeness (QED) is 0.517. The largest absolute Gasteiger partial charge is 0.396 e. The molecule has 0 bridgehead atoms. The van der Waals surface area contributed by atoms with Crippen LogP contribution in [0.5, 0.6) is 0 Å². The number of carbonyl (C=O) groups excluding carboxylic acids is 1. The summed E-state index contributed by atoms with van der Waals surface area (Å²) in [6, 6.07) is 7.64. The number of rotatable bonds is 6. The first-order chi connectivity index (χ1) is 14.3. The van der Waals surface area contributed by atoms with Crippen molar-refractivity contribution < 1.29 is 14.3 Å². The second-order valence-electron chi connectivity index (χ2n) is 6.63. The number of nitrogens with zero attached hydrogens (tertiary/aromatic N) is 2. The number of aliphatic hydroxyl groups excluding tert-OH is 1. The lowest BCUT2D eigenvalue weighted by Crippen LogP contribution is -2.38. The maximum Gasteiger partial charge on any atom is 0.322 e. The van der Waals surface area contributed by atoms with E-state index < -0.39 is 23.4 Å². The van der Waals surface area contributed by atoms with Crippen molar-refractivity contribution in [3.05, 3.63) is 68.3 Å². The summed E-state index contributed by atoms with van der Waals surface area (Å²) in [5, 5.41) is 19.7. The van der Waals surface area contributed by atoms with Gasteiger partial charge in [-0.2, -0.15) is 5.10 Å². The Kier molecular flexibility index (Phi) is 6.91. The fourth-order valence-electron chi connectivity index (χ4n) is 3.11. The molecule has 3 rings (SSSR count). The summed E-state index contributed by atoms with van der Waals surface area (Å²) in [6.07, 6.45) is 0.328. The summed E-state index contributed by atoms with van der Waals surface area (Å²) in [6.45, 7) is 1.85. The zero-order valence-electron chi connectivity index (χ0n) is 16.0. The number of aromatic amines is 1. The summed E-state index contributed by atoms with van der Waals surface area (Å²) in [4.78, 5) is 26.6. The number of fused-ring (bicyclic) bond motifs is 1. The molecule has 0 spiro atoms. The third-order valence-corrected chi connectivity index (χ3v) is 5.16. The molecule has 2 amide bonds. The molecule has 3 N–H and O–H groups in total. The molecule has 1 aromatic heterocycles. The number of aliphatic hydroxyl groups is 1. The molecule has 10 heteroatoms. The molecular formula is C20H19Cl2FN4O3. The lowest BCUT2D eigenvalue weighted by Gasteiger charge is -2.29. The number of aromatic nitrogens is 2. The van der Waals surface area contributed by atoms with Crippen LogP contribution in [0, 0.1) is 5.82 Å². The van der Waals surface area contributed by atoms with Gasteiger partial charge in [0, 0.05) is 29.2 Å². The Morgan fingerprint density at radius 2 is 2.03 bits per heavy atom. The molecule has 0 unspecified atom stereocenters. The first-order valence-electron chi connectivity index (χ1n) is 9.13. The van der Waals surface area contributed by atoms with Gasteiger partial charge in [-0.3, -0.25) is 4.79 Å². The zero-order chi connectivity index (χ0) is 21.8. The lowest BCUT2D eigenvalue weighted by molar-refractivity contribution is 0.181. The minimum absolute atomic E-state index is 0.117. The molecule has 0 fully saturated rings. The monoisotopic (exact) mass is 452 g/mol. The summed E-state index contributed by atoms with van der Waals surface area (Å²) < 4.78 is 13.4. The van der Waals surface area contributed by atoms with Gasteiger partial charge in [-0.25, -0.2) is 14.3 Å². The maximum atomic E-state index is 13.4. The average molecular weight is 453 g/mol. The molecule has 158 valence electrons. The van der Waals surface area contributed by atoms with Crippen LogP contribution in [0.3, 0.4) is 0 Å². The van der Waals surface area contributed by atoms with Crippen LogP contribution in [0.25, 0.3) is 10.8 Å². The van der Waals surface area contributed by atoms with Crippen molar-refractivity contribution >= 4 is 45.7 Å². The summed E-state index contributed by atoms with van der Waals surface area (Å²) in [5.74, 6) is -0.595. The summed E-state index contributed by atoms with van der Waals surface area (Å²) >= 11 is 11.8. The topological polar surface area (TPSA) is 98.3 Å².